The highest BCUT2D eigenvalue weighted by Crippen LogP contribution is 2.30. The van der Waals surface area contributed by atoms with Crippen LogP contribution in [0.2, 0.25) is 0 Å². The second-order valence-corrected chi connectivity index (χ2v) is 4.54. The van der Waals surface area contributed by atoms with Crippen molar-refractivity contribution in [1.29, 1.82) is 0 Å². The summed E-state index contributed by atoms with van der Waals surface area (Å²) in [4.78, 5) is 4.21. The largest absolute Gasteiger partial charge is 0.507 e. The number of halogens is 1. The van der Waals surface area contributed by atoms with Crippen molar-refractivity contribution >= 4 is 15.9 Å². The van der Waals surface area contributed by atoms with Gasteiger partial charge in [-0.2, -0.15) is 4.98 Å². The molecule has 0 saturated heterocycles. The average molecular weight is 313 g/mol. The molecule has 0 aliphatic carbocycles. The fourth-order valence-electron chi connectivity index (χ4n) is 1.46. The summed E-state index contributed by atoms with van der Waals surface area (Å²) < 4.78 is 11.1. The van der Waals surface area contributed by atoms with E-state index in [1.54, 1.807) is 18.2 Å². The Bertz CT molecular complexity index is 528. The minimum Gasteiger partial charge on any atom is -0.507 e. The quantitative estimate of drug-likeness (QED) is 0.860. The fourth-order valence-corrected chi connectivity index (χ4v) is 1.81. The molecule has 1 heterocycles. The number of phenols is 1. The first-order valence-corrected chi connectivity index (χ1v) is 6.39. The van der Waals surface area contributed by atoms with Gasteiger partial charge in [0.1, 0.15) is 5.75 Å². The van der Waals surface area contributed by atoms with Crippen LogP contribution in [0.25, 0.3) is 11.5 Å². The zero-order chi connectivity index (χ0) is 13.0. The van der Waals surface area contributed by atoms with Gasteiger partial charge in [-0.15, -0.1) is 0 Å². The summed E-state index contributed by atoms with van der Waals surface area (Å²) in [6, 6.07) is 5.11. The van der Waals surface area contributed by atoms with Crippen LogP contribution in [-0.4, -0.2) is 28.5 Å². The molecule has 0 aliphatic heterocycles. The summed E-state index contributed by atoms with van der Waals surface area (Å²) in [6.07, 6.45) is 0.592. The molecule has 0 saturated carbocycles. The third kappa shape index (κ3) is 3.08. The predicted molar refractivity (Wildman–Crippen MR) is 69.3 cm³/mol. The second-order valence-electron chi connectivity index (χ2n) is 3.62. The van der Waals surface area contributed by atoms with Crippen molar-refractivity contribution < 1.29 is 14.4 Å². The van der Waals surface area contributed by atoms with Crippen LogP contribution in [0.1, 0.15) is 12.7 Å². The van der Waals surface area contributed by atoms with Crippen LogP contribution in [0.15, 0.2) is 27.2 Å². The molecule has 0 aliphatic rings. The standard InChI is InChI=1S/C12H13BrN2O3/c1-2-17-6-5-11-14-12(18-15-11)9-4-3-8(13)7-10(9)16/h3-4,7,16H,2,5-6H2,1H3. The number of aromatic hydroxyl groups is 1. The van der Waals surface area contributed by atoms with Gasteiger partial charge in [0.2, 0.25) is 0 Å². The lowest BCUT2D eigenvalue weighted by Crippen LogP contribution is -1.99. The molecular formula is C12H13BrN2O3. The van der Waals surface area contributed by atoms with E-state index in [1.165, 1.54) is 0 Å². The van der Waals surface area contributed by atoms with Crippen molar-refractivity contribution in [3.8, 4) is 17.2 Å². The smallest absolute Gasteiger partial charge is 0.261 e. The van der Waals surface area contributed by atoms with Crippen molar-refractivity contribution in [2.24, 2.45) is 0 Å². The monoisotopic (exact) mass is 312 g/mol. The predicted octanol–water partition coefficient (Wildman–Crippen LogP) is 2.78. The van der Waals surface area contributed by atoms with Crippen molar-refractivity contribution in [1.82, 2.24) is 10.1 Å². The maximum Gasteiger partial charge on any atom is 0.261 e. The van der Waals surface area contributed by atoms with E-state index in [4.69, 9.17) is 9.26 Å². The highest BCUT2D eigenvalue weighted by Gasteiger charge is 2.12. The molecule has 1 N–H and O–H groups in total. The minimum absolute atomic E-state index is 0.101. The van der Waals surface area contributed by atoms with E-state index in [0.29, 0.717) is 36.9 Å². The molecular weight excluding hydrogens is 300 g/mol. The van der Waals surface area contributed by atoms with Crippen LogP contribution < -0.4 is 0 Å². The fraction of sp³-hybridized carbons (Fsp3) is 0.333. The molecule has 0 bridgehead atoms. The number of rotatable bonds is 5. The number of aromatic nitrogens is 2. The highest BCUT2D eigenvalue weighted by atomic mass is 79.9. The first-order chi connectivity index (χ1) is 8.70. The van der Waals surface area contributed by atoms with Crippen LogP contribution in [0.4, 0.5) is 0 Å². The van der Waals surface area contributed by atoms with Gasteiger partial charge < -0.3 is 14.4 Å². The first-order valence-electron chi connectivity index (χ1n) is 5.60. The van der Waals surface area contributed by atoms with Crippen LogP contribution in [0.5, 0.6) is 5.75 Å². The van der Waals surface area contributed by atoms with Crippen LogP contribution in [0.3, 0.4) is 0 Å². The van der Waals surface area contributed by atoms with Gasteiger partial charge in [0, 0.05) is 17.5 Å². The minimum atomic E-state index is 0.101. The Morgan fingerprint density at radius 1 is 1.44 bits per heavy atom. The molecule has 0 unspecified atom stereocenters. The molecule has 96 valence electrons. The summed E-state index contributed by atoms with van der Waals surface area (Å²) in [5.41, 5.74) is 0.522. The number of phenolic OH excluding ortho intramolecular Hbond substituents is 1. The molecule has 1 aromatic carbocycles. The number of hydrogen-bond donors (Lipinski definition) is 1. The Morgan fingerprint density at radius 2 is 2.28 bits per heavy atom. The second kappa shape index (κ2) is 5.97. The van der Waals surface area contributed by atoms with Crippen molar-refractivity contribution in [3.63, 3.8) is 0 Å². The molecule has 0 fully saturated rings. The third-order valence-corrected chi connectivity index (χ3v) is 2.83. The highest BCUT2D eigenvalue weighted by molar-refractivity contribution is 9.10. The normalized spacial score (nSPS) is 10.8. The molecule has 0 amide bonds. The van der Waals surface area contributed by atoms with Gasteiger partial charge in [-0.25, -0.2) is 0 Å². The summed E-state index contributed by atoms with van der Waals surface area (Å²) in [7, 11) is 0. The third-order valence-electron chi connectivity index (χ3n) is 2.33. The number of benzene rings is 1. The zero-order valence-electron chi connectivity index (χ0n) is 9.89. The molecule has 2 aromatic rings. The lowest BCUT2D eigenvalue weighted by atomic mass is 10.2. The Labute approximate surface area is 113 Å². The van der Waals surface area contributed by atoms with Crippen molar-refractivity contribution in [2.75, 3.05) is 13.2 Å². The van der Waals surface area contributed by atoms with Crippen LogP contribution in [-0.2, 0) is 11.2 Å². The summed E-state index contributed by atoms with van der Waals surface area (Å²) in [6.45, 7) is 3.15. The van der Waals surface area contributed by atoms with E-state index in [2.05, 4.69) is 26.1 Å². The number of nitrogens with zero attached hydrogens (tertiary/aromatic N) is 2. The van der Waals surface area contributed by atoms with Gasteiger partial charge in [0.05, 0.1) is 12.2 Å². The molecule has 0 radical (unpaired) electrons. The molecule has 5 nitrogen and oxygen atoms in total. The zero-order valence-corrected chi connectivity index (χ0v) is 11.5. The topological polar surface area (TPSA) is 68.4 Å². The van der Waals surface area contributed by atoms with Gasteiger partial charge in [0.25, 0.3) is 5.89 Å². The Kier molecular flexibility index (Phi) is 4.33. The Morgan fingerprint density at radius 3 is 3.00 bits per heavy atom. The van der Waals surface area contributed by atoms with E-state index in [9.17, 15) is 5.11 Å². The van der Waals surface area contributed by atoms with Gasteiger partial charge >= 0.3 is 0 Å². The molecule has 1 aromatic heterocycles. The van der Waals surface area contributed by atoms with Crippen LogP contribution >= 0.6 is 15.9 Å². The SMILES string of the molecule is CCOCCc1noc(-c2ccc(Br)cc2O)n1. The molecule has 0 atom stereocenters. The van der Waals surface area contributed by atoms with Gasteiger partial charge in [-0.05, 0) is 25.1 Å². The van der Waals surface area contributed by atoms with E-state index < -0.39 is 0 Å². The molecule has 0 spiro atoms. The molecule has 18 heavy (non-hydrogen) atoms. The lowest BCUT2D eigenvalue weighted by molar-refractivity contribution is 0.149. The van der Waals surface area contributed by atoms with Crippen molar-refractivity contribution in [2.45, 2.75) is 13.3 Å². The molecule has 2 rings (SSSR count). The van der Waals surface area contributed by atoms with Crippen LogP contribution in [0, 0.1) is 0 Å². The number of ether oxygens (including phenoxy) is 1. The van der Waals surface area contributed by atoms with E-state index in [-0.39, 0.29) is 5.75 Å². The van der Waals surface area contributed by atoms with E-state index >= 15 is 0 Å². The van der Waals surface area contributed by atoms with Gasteiger partial charge in [0.15, 0.2) is 5.82 Å². The van der Waals surface area contributed by atoms with Gasteiger partial charge in [-0.1, -0.05) is 21.1 Å². The number of hydrogen-bond acceptors (Lipinski definition) is 5. The first kappa shape index (κ1) is 13.0. The average Bonchev–Trinajstić information content (AvgIpc) is 2.78. The Balaban J connectivity index is 2.13. The van der Waals surface area contributed by atoms with Gasteiger partial charge in [-0.3, -0.25) is 0 Å². The van der Waals surface area contributed by atoms with Crippen molar-refractivity contribution in [3.05, 3.63) is 28.5 Å². The Hall–Kier alpha value is -1.40. The maximum absolute atomic E-state index is 9.79. The summed E-state index contributed by atoms with van der Waals surface area (Å²) >= 11 is 3.27. The molecule has 6 heteroatoms. The summed E-state index contributed by atoms with van der Waals surface area (Å²) in [5, 5.41) is 13.6. The lowest BCUT2D eigenvalue weighted by Gasteiger charge is -1.99. The van der Waals surface area contributed by atoms with E-state index in [1.807, 2.05) is 6.92 Å². The summed E-state index contributed by atoms with van der Waals surface area (Å²) in [5.74, 6) is 0.983. The van der Waals surface area contributed by atoms with E-state index in [0.717, 1.165) is 4.47 Å². The maximum atomic E-state index is 9.79.